The summed E-state index contributed by atoms with van der Waals surface area (Å²) in [6, 6.07) is 12.2. The van der Waals surface area contributed by atoms with Crippen LogP contribution in [0.5, 0.6) is 5.75 Å². The molecule has 18 nitrogen and oxygen atoms in total. The Morgan fingerprint density at radius 1 is 0.867 bits per heavy atom. The zero-order valence-electron chi connectivity index (χ0n) is 45.8. The number of aliphatic carboxylic acids is 1. The van der Waals surface area contributed by atoms with E-state index in [0.717, 1.165) is 16.5 Å². The Balaban J connectivity index is 1.36. The number of ether oxygens (including phenoxy) is 3. The molecule has 9 atom stereocenters. The van der Waals surface area contributed by atoms with Crippen molar-refractivity contribution in [2.45, 2.75) is 149 Å². The number of nitrogens with zero attached hydrogens (tertiary/aromatic N) is 5. The summed E-state index contributed by atoms with van der Waals surface area (Å²) in [5.41, 5.74) is 1.17. The third kappa shape index (κ3) is 16.3. The molecule has 0 saturated carbocycles. The number of carboxylic acids is 1. The number of hydrogen-bond donors (Lipinski definition) is 2. The fraction of sp³-hybridized carbons (Fsp3) is 0.596. The van der Waals surface area contributed by atoms with Crippen LogP contribution in [-0.4, -0.2) is 150 Å². The molecule has 2 aliphatic rings. The summed E-state index contributed by atoms with van der Waals surface area (Å²) in [5.74, 6) is -5.73. The normalized spacial score (nSPS) is 17.8. The van der Waals surface area contributed by atoms with E-state index in [1.54, 1.807) is 79.3 Å². The molecule has 2 N–H and O–H groups in total. The van der Waals surface area contributed by atoms with Crippen LogP contribution in [0.2, 0.25) is 0 Å². The number of carboxylic acid groups (broad SMARTS) is 1. The molecule has 2 aliphatic heterocycles. The maximum atomic E-state index is 14.7. The number of carbonyl (C=O) groups is 8. The van der Waals surface area contributed by atoms with E-state index in [9.17, 15) is 43.5 Å². The van der Waals surface area contributed by atoms with Crippen molar-refractivity contribution in [2.24, 2.45) is 29.6 Å². The van der Waals surface area contributed by atoms with E-state index in [0.29, 0.717) is 56.5 Å². The number of methoxy groups -OCH3 is 2. The first-order valence-corrected chi connectivity index (χ1v) is 26.3. The van der Waals surface area contributed by atoms with Crippen LogP contribution in [0.25, 0.3) is 4.85 Å². The van der Waals surface area contributed by atoms with Crippen LogP contribution >= 0.6 is 0 Å². The topological polar surface area (TPSA) is 214 Å². The Kier molecular flexibility index (Phi) is 23.6. The molecule has 18 heteroatoms. The summed E-state index contributed by atoms with van der Waals surface area (Å²) >= 11 is 0. The fourth-order valence-corrected chi connectivity index (χ4v) is 10.4. The van der Waals surface area contributed by atoms with Gasteiger partial charge in [-0.3, -0.25) is 38.5 Å². The molecule has 0 aliphatic carbocycles. The molecule has 6 amide bonds. The lowest BCUT2D eigenvalue weighted by molar-refractivity contribution is -0.150. The number of imide groups is 1. The number of Topliss-reactive ketones (excluding diaryl/α,β-unsaturated/α-hetero) is 1. The molecule has 0 spiro atoms. The van der Waals surface area contributed by atoms with E-state index >= 15 is 0 Å². The molecule has 75 heavy (non-hydrogen) atoms. The van der Waals surface area contributed by atoms with E-state index in [1.807, 2.05) is 47.6 Å². The van der Waals surface area contributed by atoms with Crippen molar-refractivity contribution in [2.75, 3.05) is 41.4 Å². The van der Waals surface area contributed by atoms with Gasteiger partial charge >= 0.3 is 5.97 Å². The van der Waals surface area contributed by atoms with Crippen molar-refractivity contribution < 1.29 is 57.7 Å². The van der Waals surface area contributed by atoms with Gasteiger partial charge in [-0.1, -0.05) is 104 Å². The van der Waals surface area contributed by atoms with E-state index in [1.165, 1.54) is 19.1 Å². The predicted molar refractivity (Wildman–Crippen MR) is 282 cm³/mol. The quantitative estimate of drug-likeness (QED) is 0.0466. The number of nitrogens with one attached hydrogen (secondary N) is 1. The molecule has 0 unspecified atom stereocenters. The lowest BCUT2D eigenvalue weighted by atomic mass is 9.83. The summed E-state index contributed by atoms with van der Waals surface area (Å²) in [5, 5.41) is 12.6. The van der Waals surface area contributed by atoms with Crippen molar-refractivity contribution in [1.29, 1.82) is 0 Å². The highest BCUT2D eigenvalue weighted by Gasteiger charge is 2.44. The minimum Gasteiger partial charge on any atom is -0.480 e. The van der Waals surface area contributed by atoms with Crippen molar-refractivity contribution in [3.63, 3.8) is 0 Å². The third-order valence-electron chi connectivity index (χ3n) is 14.9. The molecule has 1 fully saturated rings. The van der Waals surface area contributed by atoms with Gasteiger partial charge in [-0.25, -0.2) is 9.64 Å². The second-order valence-electron chi connectivity index (χ2n) is 20.7. The van der Waals surface area contributed by atoms with E-state index in [4.69, 9.17) is 20.8 Å². The van der Waals surface area contributed by atoms with Gasteiger partial charge in [0, 0.05) is 66.6 Å². The van der Waals surface area contributed by atoms with Crippen molar-refractivity contribution in [1.82, 2.24) is 24.9 Å². The lowest BCUT2D eigenvalue weighted by Crippen LogP contribution is -2.55. The summed E-state index contributed by atoms with van der Waals surface area (Å²) < 4.78 is 17.6. The summed E-state index contributed by atoms with van der Waals surface area (Å²) in [4.78, 5) is 118. The van der Waals surface area contributed by atoms with Gasteiger partial charge in [0.2, 0.25) is 23.6 Å². The van der Waals surface area contributed by atoms with Gasteiger partial charge in [0.25, 0.3) is 11.8 Å². The van der Waals surface area contributed by atoms with E-state index < -0.39 is 71.9 Å². The Morgan fingerprint density at radius 2 is 1.53 bits per heavy atom. The average Bonchev–Trinajstić information content (AvgIpc) is 3.97. The first-order chi connectivity index (χ1) is 35.6. The first-order valence-electron chi connectivity index (χ1n) is 26.3. The number of ketones is 1. The SMILES string of the molecule is [C-]#[N+]c1ccc(OC2=CC(=O)N(CCCCCC(=O)N(C)[C@H](C(=O)C[C@H](C(=O)N(C)[C@@H]([C@H](C)CC)[C@@H](CC(=O)N3CCC[C@H]3[C@H](OC)[C@@H](C)C(=O)N[C@@H](Cc3ccccc3)C(=O)O)OC)C(C)C)C(C)C)C2=O)cc1. The van der Waals surface area contributed by atoms with Crippen LogP contribution in [0.4, 0.5) is 5.69 Å². The lowest BCUT2D eigenvalue weighted by Gasteiger charge is -2.41. The van der Waals surface area contributed by atoms with Crippen molar-refractivity contribution in [3.05, 3.63) is 83.4 Å². The Hall–Kier alpha value is -6.45. The highest BCUT2D eigenvalue weighted by atomic mass is 16.5. The largest absolute Gasteiger partial charge is 0.480 e. The van der Waals surface area contributed by atoms with Crippen LogP contribution < -0.4 is 10.1 Å². The Morgan fingerprint density at radius 3 is 2.11 bits per heavy atom. The number of unbranched alkanes of at least 4 members (excludes halogenated alkanes) is 2. The van der Waals surface area contributed by atoms with Gasteiger partial charge in [-0.05, 0) is 61.1 Å². The monoisotopic (exact) mass is 1040 g/mol. The number of amides is 6. The second-order valence-corrected chi connectivity index (χ2v) is 20.7. The van der Waals surface area contributed by atoms with Gasteiger partial charge in [0.15, 0.2) is 17.2 Å². The number of hydrogen-bond acceptors (Lipinski definition) is 11. The summed E-state index contributed by atoms with van der Waals surface area (Å²) in [6.07, 6.45) is 3.00. The number of likely N-dealkylation sites (N-methyl/N-ethyl adjacent to an activating group) is 2. The molecule has 2 aromatic carbocycles. The molecule has 2 aromatic rings. The highest BCUT2D eigenvalue weighted by molar-refractivity contribution is 6.15. The number of likely N-dealkylation sites (tertiary alicyclic amines) is 1. The second kappa shape index (κ2) is 29.0. The Labute approximate surface area is 443 Å². The minimum absolute atomic E-state index is 0.0777. The van der Waals surface area contributed by atoms with Crippen molar-refractivity contribution >= 4 is 52.9 Å². The third-order valence-corrected chi connectivity index (χ3v) is 14.9. The van der Waals surface area contributed by atoms with Crippen LogP contribution in [0.1, 0.15) is 112 Å². The number of rotatable bonds is 30. The molecular formula is C57H80N6O12. The van der Waals surface area contributed by atoms with Gasteiger partial charge in [0.05, 0.1) is 55.3 Å². The maximum absolute atomic E-state index is 14.7. The van der Waals surface area contributed by atoms with E-state index in [-0.39, 0.29) is 79.2 Å². The molecule has 410 valence electrons. The molecule has 0 aromatic heterocycles. The molecular weight excluding hydrogens is 961 g/mol. The molecule has 4 rings (SSSR count). The minimum atomic E-state index is -1.17. The number of carbonyl (C=O) groups excluding carboxylic acids is 7. The maximum Gasteiger partial charge on any atom is 0.326 e. The van der Waals surface area contributed by atoms with Crippen LogP contribution in [-0.2, 0) is 54.3 Å². The fourth-order valence-electron chi connectivity index (χ4n) is 10.4. The smallest absolute Gasteiger partial charge is 0.326 e. The summed E-state index contributed by atoms with van der Waals surface area (Å²) in [6.45, 7) is 20.8. The first kappa shape index (κ1) is 61.1. The van der Waals surface area contributed by atoms with Gasteiger partial charge < -0.3 is 39.3 Å². The molecule has 1 saturated heterocycles. The number of benzene rings is 2. The zero-order valence-corrected chi connectivity index (χ0v) is 45.8. The van der Waals surface area contributed by atoms with Crippen LogP contribution in [0.3, 0.4) is 0 Å². The summed E-state index contributed by atoms with van der Waals surface area (Å²) in [7, 11) is 6.27. The van der Waals surface area contributed by atoms with Gasteiger partial charge in [0.1, 0.15) is 11.8 Å². The van der Waals surface area contributed by atoms with Crippen LogP contribution in [0, 0.1) is 36.2 Å². The van der Waals surface area contributed by atoms with E-state index in [2.05, 4.69) is 10.2 Å². The molecule has 0 bridgehead atoms. The van der Waals surface area contributed by atoms with Crippen LogP contribution in [0.15, 0.2) is 66.4 Å². The Bertz CT molecular complexity index is 2370. The average molecular weight is 1040 g/mol. The standard InChI is InChI=1S/C57H80N6O12/c1-13-37(6)52(46(73-11)33-49(66)62-30-20-23-44(62)53(74-12)38(7)54(68)59-43(57(71)72)31-39-21-16-14-17-22-39)61(10)55(69)42(35(2)3)32-45(64)51(36(4)5)60(9)48(65)24-18-15-19-29-63-50(67)34-47(56(63)70)75-41-27-25-40(58-8)26-28-41/h14,16-17,21-22,25-28,34-38,42-44,46,51-53H,13,15,18-20,23-24,29-33H2,1-7,9-12H3,(H,59,68)(H,71,72)/t37-,38-,42+,43+,44+,46-,51+,52+,53-/m1/s1. The molecule has 2 heterocycles. The van der Waals surface area contributed by atoms with Gasteiger partial charge in [-0.15, -0.1) is 0 Å². The van der Waals surface area contributed by atoms with Crippen molar-refractivity contribution in [3.8, 4) is 5.75 Å². The predicted octanol–water partition coefficient (Wildman–Crippen LogP) is 6.88. The van der Waals surface area contributed by atoms with Gasteiger partial charge in [-0.2, -0.15) is 0 Å². The zero-order chi connectivity index (χ0) is 55.7. The molecule has 0 radical (unpaired) electrons. The highest BCUT2D eigenvalue weighted by Crippen LogP contribution is 2.32.